The maximum absolute atomic E-state index is 6.04. The highest BCUT2D eigenvalue weighted by molar-refractivity contribution is 5.85. The summed E-state index contributed by atoms with van der Waals surface area (Å²) in [7, 11) is 0. The van der Waals surface area contributed by atoms with Crippen LogP contribution in [0.4, 0.5) is 0 Å². The lowest BCUT2D eigenvalue weighted by Gasteiger charge is -2.25. The van der Waals surface area contributed by atoms with Crippen LogP contribution in [0.3, 0.4) is 0 Å². The van der Waals surface area contributed by atoms with Crippen molar-refractivity contribution in [2.24, 2.45) is 5.92 Å². The molecular formula is C17H28ClNO. The highest BCUT2D eigenvalue weighted by atomic mass is 35.5. The minimum Gasteiger partial charge on any atom is -0.493 e. The molecule has 114 valence electrons. The van der Waals surface area contributed by atoms with Gasteiger partial charge in [0, 0.05) is 0 Å². The molecule has 2 nitrogen and oxygen atoms in total. The Balaban J connectivity index is 0.00000200. The van der Waals surface area contributed by atoms with Gasteiger partial charge in [0.15, 0.2) is 0 Å². The van der Waals surface area contributed by atoms with Crippen LogP contribution in [-0.4, -0.2) is 19.7 Å². The van der Waals surface area contributed by atoms with Crippen LogP contribution in [0, 0.1) is 5.92 Å². The van der Waals surface area contributed by atoms with E-state index in [0.717, 1.165) is 31.2 Å². The number of hydrogen-bond donors (Lipinski definition) is 1. The zero-order valence-corrected chi connectivity index (χ0v) is 13.8. The second kappa shape index (κ2) is 7.90. The SMILES string of the molecule is CC(C)(C)c1ccccc1OCCC1CCCNC1.Cl. The Morgan fingerprint density at radius 3 is 2.65 bits per heavy atom. The Morgan fingerprint density at radius 2 is 2.00 bits per heavy atom. The number of piperidine rings is 1. The maximum Gasteiger partial charge on any atom is 0.123 e. The Bertz CT molecular complexity index is 394. The van der Waals surface area contributed by atoms with Crippen molar-refractivity contribution in [1.82, 2.24) is 5.32 Å². The summed E-state index contributed by atoms with van der Waals surface area (Å²) < 4.78 is 6.04. The first-order valence-electron chi connectivity index (χ1n) is 7.50. The van der Waals surface area contributed by atoms with Gasteiger partial charge in [0.25, 0.3) is 0 Å². The monoisotopic (exact) mass is 297 g/mol. The van der Waals surface area contributed by atoms with Crippen LogP contribution < -0.4 is 10.1 Å². The normalized spacial score (nSPS) is 19.2. The molecule has 0 saturated carbocycles. The standard InChI is InChI=1S/C17H27NO.ClH/c1-17(2,3)15-8-4-5-9-16(15)19-12-10-14-7-6-11-18-13-14;/h4-5,8-9,14,18H,6-7,10-13H2,1-3H3;1H. The predicted molar refractivity (Wildman–Crippen MR) is 88.1 cm³/mol. The van der Waals surface area contributed by atoms with Crippen LogP contribution in [-0.2, 0) is 5.41 Å². The second-order valence-corrected chi connectivity index (χ2v) is 6.60. The number of rotatable bonds is 4. The topological polar surface area (TPSA) is 21.3 Å². The Kier molecular flexibility index (Phi) is 6.84. The van der Waals surface area contributed by atoms with Gasteiger partial charge in [-0.3, -0.25) is 0 Å². The molecule has 1 N–H and O–H groups in total. The van der Waals surface area contributed by atoms with Gasteiger partial charge < -0.3 is 10.1 Å². The third kappa shape index (κ3) is 4.99. The predicted octanol–water partition coefficient (Wildman–Crippen LogP) is 4.17. The molecule has 0 amide bonds. The summed E-state index contributed by atoms with van der Waals surface area (Å²) in [5.41, 5.74) is 1.44. The summed E-state index contributed by atoms with van der Waals surface area (Å²) in [6, 6.07) is 8.43. The molecule has 2 rings (SSSR count). The summed E-state index contributed by atoms with van der Waals surface area (Å²) in [6.07, 6.45) is 3.81. The number of ether oxygens (including phenoxy) is 1. The van der Waals surface area contributed by atoms with E-state index in [2.05, 4.69) is 50.4 Å². The molecule has 0 bridgehead atoms. The molecule has 1 aromatic rings. The molecule has 1 fully saturated rings. The number of halogens is 1. The van der Waals surface area contributed by atoms with Gasteiger partial charge >= 0.3 is 0 Å². The van der Waals surface area contributed by atoms with Crippen molar-refractivity contribution >= 4 is 12.4 Å². The zero-order valence-electron chi connectivity index (χ0n) is 12.9. The third-order valence-electron chi connectivity index (χ3n) is 3.88. The van der Waals surface area contributed by atoms with Gasteiger partial charge in [-0.25, -0.2) is 0 Å². The van der Waals surface area contributed by atoms with Crippen LogP contribution in [0.25, 0.3) is 0 Å². The lowest BCUT2D eigenvalue weighted by atomic mass is 9.86. The molecule has 1 atom stereocenters. The van der Waals surface area contributed by atoms with E-state index in [4.69, 9.17) is 4.74 Å². The number of hydrogen-bond acceptors (Lipinski definition) is 2. The third-order valence-corrected chi connectivity index (χ3v) is 3.88. The van der Waals surface area contributed by atoms with Crippen LogP contribution in [0.15, 0.2) is 24.3 Å². The Morgan fingerprint density at radius 1 is 1.25 bits per heavy atom. The van der Waals surface area contributed by atoms with Crippen molar-refractivity contribution in [2.45, 2.75) is 45.4 Å². The van der Waals surface area contributed by atoms with E-state index in [-0.39, 0.29) is 17.8 Å². The molecule has 1 unspecified atom stereocenters. The van der Waals surface area contributed by atoms with E-state index in [0.29, 0.717) is 0 Å². The fourth-order valence-corrected chi connectivity index (χ4v) is 2.72. The number of para-hydroxylation sites is 1. The van der Waals surface area contributed by atoms with E-state index in [1.54, 1.807) is 0 Å². The second-order valence-electron chi connectivity index (χ2n) is 6.60. The minimum atomic E-state index is 0. The molecule has 1 heterocycles. The summed E-state index contributed by atoms with van der Waals surface area (Å²) in [4.78, 5) is 0. The van der Waals surface area contributed by atoms with Crippen molar-refractivity contribution in [1.29, 1.82) is 0 Å². The van der Waals surface area contributed by atoms with Crippen molar-refractivity contribution in [3.05, 3.63) is 29.8 Å². The van der Waals surface area contributed by atoms with E-state index in [1.807, 2.05) is 0 Å². The molecule has 0 radical (unpaired) electrons. The Labute approximate surface area is 129 Å². The van der Waals surface area contributed by atoms with Gasteiger partial charge in [0.05, 0.1) is 6.61 Å². The van der Waals surface area contributed by atoms with Crippen LogP contribution in [0.5, 0.6) is 5.75 Å². The first-order chi connectivity index (χ1) is 9.07. The van der Waals surface area contributed by atoms with Gasteiger partial charge in [-0.1, -0.05) is 39.0 Å². The first-order valence-corrected chi connectivity index (χ1v) is 7.50. The van der Waals surface area contributed by atoms with Gasteiger partial charge in [-0.05, 0) is 55.3 Å². The lowest BCUT2D eigenvalue weighted by Crippen LogP contribution is -2.30. The molecular weight excluding hydrogens is 270 g/mol. The number of nitrogens with one attached hydrogen (secondary N) is 1. The van der Waals surface area contributed by atoms with Crippen LogP contribution >= 0.6 is 12.4 Å². The van der Waals surface area contributed by atoms with Gasteiger partial charge in [-0.15, -0.1) is 12.4 Å². The minimum absolute atomic E-state index is 0. The van der Waals surface area contributed by atoms with E-state index in [1.165, 1.54) is 24.9 Å². The van der Waals surface area contributed by atoms with E-state index < -0.39 is 0 Å². The van der Waals surface area contributed by atoms with Crippen molar-refractivity contribution < 1.29 is 4.74 Å². The smallest absolute Gasteiger partial charge is 0.123 e. The van der Waals surface area contributed by atoms with Gasteiger partial charge in [-0.2, -0.15) is 0 Å². The highest BCUT2D eigenvalue weighted by Gasteiger charge is 2.19. The average Bonchev–Trinajstić information content (AvgIpc) is 2.39. The summed E-state index contributed by atoms with van der Waals surface area (Å²) in [6.45, 7) is 9.88. The maximum atomic E-state index is 6.04. The summed E-state index contributed by atoms with van der Waals surface area (Å²) in [5, 5.41) is 3.46. The number of benzene rings is 1. The fourth-order valence-electron chi connectivity index (χ4n) is 2.72. The molecule has 1 aliphatic rings. The summed E-state index contributed by atoms with van der Waals surface area (Å²) in [5.74, 6) is 1.84. The Hall–Kier alpha value is -0.730. The zero-order chi connectivity index (χ0) is 13.7. The molecule has 1 saturated heterocycles. The van der Waals surface area contributed by atoms with Crippen molar-refractivity contribution in [2.75, 3.05) is 19.7 Å². The average molecular weight is 298 g/mol. The van der Waals surface area contributed by atoms with Crippen LogP contribution in [0.2, 0.25) is 0 Å². The van der Waals surface area contributed by atoms with E-state index in [9.17, 15) is 0 Å². The largest absolute Gasteiger partial charge is 0.493 e. The molecule has 0 spiro atoms. The molecule has 0 aromatic heterocycles. The first kappa shape index (κ1) is 17.3. The fraction of sp³-hybridized carbons (Fsp3) is 0.647. The molecule has 1 aliphatic heterocycles. The molecule has 20 heavy (non-hydrogen) atoms. The van der Waals surface area contributed by atoms with Gasteiger partial charge in [0.1, 0.15) is 5.75 Å². The summed E-state index contributed by atoms with van der Waals surface area (Å²) >= 11 is 0. The molecule has 3 heteroatoms. The van der Waals surface area contributed by atoms with Gasteiger partial charge in [0.2, 0.25) is 0 Å². The molecule has 1 aromatic carbocycles. The van der Waals surface area contributed by atoms with Crippen molar-refractivity contribution in [3.63, 3.8) is 0 Å². The quantitative estimate of drug-likeness (QED) is 0.900. The van der Waals surface area contributed by atoms with Crippen molar-refractivity contribution in [3.8, 4) is 5.75 Å². The molecule has 0 aliphatic carbocycles. The van der Waals surface area contributed by atoms with Crippen LogP contribution in [0.1, 0.15) is 45.6 Å². The van der Waals surface area contributed by atoms with E-state index >= 15 is 0 Å². The highest BCUT2D eigenvalue weighted by Crippen LogP contribution is 2.31. The lowest BCUT2D eigenvalue weighted by molar-refractivity contribution is 0.250.